The number of hydrogen-bond donors (Lipinski definition) is 2. The Morgan fingerprint density at radius 1 is 1.38 bits per heavy atom. The normalized spacial score (nSPS) is 10.6. The zero-order valence-electron chi connectivity index (χ0n) is 11.8. The number of aromatic nitrogens is 1. The highest BCUT2D eigenvalue weighted by atomic mass is 16.6. The number of benzene rings is 1. The molecule has 7 nitrogen and oxygen atoms in total. The predicted molar refractivity (Wildman–Crippen MR) is 80.2 cm³/mol. The summed E-state index contributed by atoms with van der Waals surface area (Å²) in [5, 5.41) is 17.4. The molecule has 0 bridgehead atoms. The number of nitrogens with zero attached hydrogens (tertiary/aromatic N) is 2. The van der Waals surface area contributed by atoms with Crippen molar-refractivity contribution in [2.24, 2.45) is 0 Å². The molecular formula is C14H16N4O3. The summed E-state index contributed by atoms with van der Waals surface area (Å²) >= 11 is 0. The number of nitrogens with one attached hydrogen (secondary N) is 2. The zero-order chi connectivity index (χ0) is 15.4. The molecule has 0 radical (unpaired) electrons. The van der Waals surface area contributed by atoms with Crippen molar-refractivity contribution in [3.8, 4) is 0 Å². The van der Waals surface area contributed by atoms with E-state index in [1.165, 1.54) is 12.3 Å². The summed E-state index contributed by atoms with van der Waals surface area (Å²) in [6.07, 6.45) is 1.48. The van der Waals surface area contributed by atoms with Gasteiger partial charge in [-0.15, -0.1) is 0 Å². The zero-order valence-corrected chi connectivity index (χ0v) is 11.8. The number of non-ortho nitro benzene ring substituents is 1. The van der Waals surface area contributed by atoms with Crippen LogP contribution >= 0.6 is 0 Å². The van der Waals surface area contributed by atoms with Gasteiger partial charge in [0, 0.05) is 29.4 Å². The number of amides is 1. The van der Waals surface area contributed by atoms with Crippen molar-refractivity contribution in [1.29, 1.82) is 0 Å². The molecule has 0 aliphatic heterocycles. The van der Waals surface area contributed by atoms with Gasteiger partial charge in [-0.3, -0.25) is 14.9 Å². The minimum absolute atomic E-state index is 0.0530. The molecule has 2 rings (SSSR count). The van der Waals surface area contributed by atoms with Gasteiger partial charge in [0.1, 0.15) is 5.52 Å². The van der Waals surface area contributed by atoms with Crippen molar-refractivity contribution in [2.75, 3.05) is 11.9 Å². The number of anilines is 1. The number of hydrogen-bond acceptors (Lipinski definition) is 5. The highest BCUT2D eigenvalue weighted by Gasteiger charge is 2.14. The van der Waals surface area contributed by atoms with Crippen LogP contribution in [0.2, 0.25) is 0 Å². The first kappa shape index (κ1) is 14.7. The summed E-state index contributed by atoms with van der Waals surface area (Å²) in [4.78, 5) is 26.2. The Kier molecular flexibility index (Phi) is 4.32. The van der Waals surface area contributed by atoms with E-state index in [2.05, 4.69) is 15.6 Å². The van der Waals surface area contributed by atoms with Gasteiger partial charge in [-0.25, -0.2) is 4.98 Å². The fourth-order valence-corrected chi connectivity index (χ4v) is 2.01. The quantitative estimate of drug-likeness (QED) is 0.648. The second-order valence-corrected chi connectivity index (χ2v) is 4.86. The standard InChI is InChI=1S/C14H16N4O3/c1-9(2)17-13(19)8-16-11-6-7-15-14-10(11)4-3-5-12(14)18(20)21/h3-7,9H,8H2,1-2H3,(H,15,16)(H,17,19). The number of carbonyl (C=O) groups is 1. The van der Waals surface area contributed by atoms with E-state index in [1.807, 2.05) is 13.8 Å². The van der Waals surface area contributed by atoms with Gasteiger partial charge in [-0.1, -0.05) is 12.1 Å². The molecule has 21 heavy (non-hydrogen) atoms. The smallest absolute Gasteiger partial charge is 0.295 e. The predicted octanol–water partition coefficient (Wildman–Crippen LogP) is 2.08. The maximum atomic E-state index is 11.6. The Hall–Kier alpha value is -2.70. The molecule has 2 N–H and O–H groups in total. The van der Waals surface area contributed by atoms with E-state index in [4.69, 9.17) is 0 Å². The lowest BCUT2D eigenvalue weighted by atomic mass is 10.1. The van der Waals surface area contributed by atoms with Crippen LogP contribution in [-0.4, -0.2) is 28.4 Å². The Bertz CT molecular complexity index is 685. The van der Waals surface area contributed by atoms with Crippen molar-refractivity contribution in [2.45, 2.75) is 19.9 Å². The van der Waals surface area contributed by atoms with Gasteiger partial charge in [0.25, 0.3) is 5.69 Å². The molecule has 0 spiro atoms. The van der Waals surface area contributed by atoms with E-state index in [-0.39, 0.29) is 24.2 Å². The SMILES string of the molecule is CC(C)NC(=O)CNc1ccnc2c([N+](=O)[O-])cccc12. The third-order valence-corrected chi connectivity index (χ3v) is 2.84. The summed E-state index contributed by atoms with van der Waals surface area (Å²) in [7, 11) is 0. The average Bonchev–Trinajstić information content (AvgIpc) is 2.43. The first-order valence-electron chi connectivity index (χ1n) is 6.54. The number of para-hydroxylation sites is 1. The van der Waals surface area contributed by atoms with E-state index < -0.39 is 4.92 Å². The van der Waals surface area contributed by atoms with Crippen molar-refractivity contribution in [3.05, 3.63) is 40.6 Å². The average molecular weight is 288 g/mol. The molecule has 0 saturated heterocycles. The number of pyridine rings is 1. The van der Waals surface area contributed by atoms with Gasteiger partial charge >= 0.3 is 0 Å². The molecule has 0 unspecified atom stereocenters. The van der Waals surface area contributed by atoms with Crippen molar-refractivity contribution < 1.29 is 9.72 Å². The van der Waals surface area contributed by atoms with Crippen LogP contribution in [0.15, 0.2) is 30.5 Å². The van der Waals surface area contributed by atoms with Crippen molar-refractivity contribution in [3.63, 3.8) is 0 Å². The minimum atomic E-state index is -0.468. The third kappa shape index (κ3) is 3.44. The Balaban J connectivity index is 2.27. The van der Waals surface area contributed by atoms with Crippen LogP contribution in [0.3, 0.4) is 0 Å². The molecule has 0 aliphatic rings. The van der Waals surface area contributed by atoms with E-state index in [0.29, 0.717) is 16.6 Å². The minimum Gasteiger partial charge on any atom is -0.376 e. The van der Waals surface area contributed by atoms with Crippen LogP contribution in [0.5, 0.6) is 0 Å². The first-order valence-corrected chi connectivity index (χ1v) is 6.54. The van der Waals surface area contributed by atoms with E-state index in [0.717, 1.165) is 0 Å². The largest absolute Gasteiger partial charge is 0.376 e. The summed E-state index contributed by atoms with van der Waals surface area (Å²) in [6, 6.07) is 6.49. The van der Waals surface area contributed by atoms with Gasteiger partial charge in [-0.05, 0) is 19.9 Å². The molecule has 1 heterocycles. The summed E-state index contributed by atoms with van der Waals surface area (Å²) in [6.45, 7) is 3.85. The highest BCUT2D eigenvalue weighted by Crippen LogP contribution is 2.28. The van der Waals surface area contributed by atoms with Crippen molar-refractivity contribution in [1.82, 2.24) is 10.3 Å². The van der Waals surface area contributed by atoms with Crippen LogP contribution < -0.4 is 10.6 Å². The monoisotopic (exact) mass is 288 g/mol. The summed E-state index contributed by atoms with van der Waals surface area (Å²) in [5.41, 5.74) is 0.891. The number of carbonyl (C=O) groups excluding carboxylic acids is 1. The van der Waals surface area contributed by atoms with E-state index in [1.54, 1.807) is 18.2 Å². The summed E-state index contributed by atoms with van der Waals surface area (Å²) in [5.74, 6) is -0.139. The topological polar surface area (TPSA) is 97.2 Å². The molecular weight excluding hydrogens is 272 g/mol. The van der Waals surface area contributed by atoms with E-state index >= 15 is 0 Å². The van der Waals surface area contributed by atoms with Gasteiger partial charge in [0.2, 0.25) is 5.91 Å². The van der Waals surface area contributed by atoms with Gasteiger partial charge < -0.3 is 10.6 Å². The number of nitro benzene ring substituents is 1. The Labute approximate surface area is 121 Å². The van der Waals surface area contributed by atoms with Crippen LogP contribution in [0.25, 0.3) is 10.9 Å². The maximum Gasteiger partial charge on any atom is 0.295 e. The molecule has 0 fully saturated rings. The maximum absolute atomic E-state index is 11.6. The lowest BCUT2D eigenvalue weighted by Crippen LogP contribution is -2.34. The molecule has 2 aromatic rings. The molecule has 1 amide bonds. The van der Waals surface area contributed by atoms with Crippen molar-refractivity contribution >= 4 is 28.2 Å². The number of rotatable bonds is 5. The lowest BCUT2D eigenvalue weighted by Gasteiger charge is -2.11. The Morgan fingerprint density at radius 3 is 2.81 bits per heavy atom. The lowest BCUT2D eigenvalue weighted by molar-refractivity contribution is -0.383. The second kappa shape index (κ2) is 6.17. The molecule has 0 aliphatic carbocycles. The fraction of sp³-hybridized carbons (Fsp3) is 0.286. The first-order chi connectivity index (χ1) is 9.99. The number of fused-ring (bicyclic) bond motifs is 1. The summed E-state index contributed by atoms with van der Waals surface area (Å²) < 4.78 is 0. The second-order valence-electron chi connectivity index (χ2n) is 4.86. The molecule has 0 saturated carbocycles. The molecule has 0 atom stereocenters. The molecule has 1 aromatic heterocycles. The van der Waals surface area contributed by atoms with Crippen LogP contribution in [-0.2, 0) is 4.79 Å². The van der Waals surface area contributed by atoms with Gasteiger partial charge in [-0.2, -0.15) is 0 Å². The molecule has 7 heteroatoms. The van der Waals surface area contributed by atoms with Crippen LogP contribution in [0.1, 0.15) is 13.8 Å². The third-order valence-electron chi connectivity index (χ3n) is 2.84. The fourth-order valence-electron chi connectivity index (χ4n) is 2.01. The van der Waals surface area contributed by atoms with Crippen LogP contribution in [0, 0.1) is 10.1 Å². The molecule has 110 valence electrons. The highest BCUT2D eigenvalue weighted by molar-refractivity contribution is 5.97. The molecule has 1 aromatic carbocycles. The number of nitro groups is 1. The van der Waals surface area contributed by atoms with Gasteiger partial charge in [0.15, 0.2) is 0 Å². The van der Waals surface area contributed by atoms with E-state index in [9.17, 15) is 14.9 Å². The van der Waals surface area contributed by atoms with Crippen LogP contribution in [0.4, 0.5) is 11.4 Å². The Morgan fingerprint density at radius 2 is 2.14 bits per heavy atom. The van der Waals surface area contributed by atoms with Gasteiger partial charge in [0.05, 0.1) is 11.5 Å².